The topological polar surface area (TPSA) is 6.48 Å². The summed E-state index contributed by atoms with van der Waals surface area (Å²) in [7, 11) is 0. The Hall–Kier alpha value is -0.220. The Morgan fingerprint density at radius 1 is 0.938 bits per heavy atom. The molecule has 1 aliphatic heterocycles. The maximum atomic E-state index is 14.0. The van der Waals surface area contributed by atoms with Crippen molar-refractivity contribution >= 4 is 0 Å². The van der Waals surface area contributed by atoms with Gasteiger partial charge in [0.2, 0.25) is 0 Å². The van der Waals surface area contributed by atoms with E-state index < -0.39 is 6.17 Å². The standard InChI is InChI=1S/C12H24F2N2/c1-3-5-8-15-10-7-11-16(9-6-4-2)12(15,13)14/h3-11H2,1-2H3. The molecule has 0 amide bonds. The molecule has 1 aliphatic rings. The average molecular weight is 234 g/mol. The zero-order valence-electron chi connectivity index (χ0n) is 10.5. The van der Waals surface area contributed by atoms with Crippen LogP contribution >= 0.6 is 0 Å². The minimum Gasteiger partial charge on any atom is -0.230 e. The summed E-state index contributed by atoms with van der Waals surface area (Å²) >= 11 is 0. The van der Waals surface area contributed by atoms with Gasteiger partial charge >= 0.3 is 6.17 Å². The lowest BCUT2D eigenvalue weighted by Gasteiger charge is -2.43. The van der Waals surface area contributed by atoms with Crippen LogP contribution in [-0.2, 0) is 0 Å². The SMILES string of the molecule is CCCCN1CCCN(CCCC)C1(F)F. The average Bonchev–Trinajstić information content (AvgIpc) is 2.25. The van der Waals surface area contributed by atoms with Crippen LogP contribution in [0.1, 0.15) is 46.0 Å². The predicted octanol–water partition coefficient (Wildman–Crippen LogP) is 3.14. The number of rotatable bonds is 6. The molecule has 0 aromatic rings. The smallest absolute Gasteiger partial charge is 0.230 e. The Labute approximate surface area is 97.6 Å². The van der Waals surface area contributed by atoms with E-state index in [0.29, 0.717) is 26.2 Å². The van der Waals surface area contributed by atoms with Gasteiger partial charge in [-0.25, -0.2) is 9.80 Å². The van der Waals surface area contributed by atoms with Gasteiger partial charge in [-0.3, -0.25) is 0 Å². The second-order valence-corrected chi connectivity index (χ2v) is 4.54. The molecule has 1 saturated heterocycles. The lowest BCUT2D eigenvalue weighted by Crippen LogP contribution is -2.59. The molecule has 96 valence electrons. The highest BCUT2D eigenvalue weighted by Crippen LogP contribution is 2.29. The molecule has 0 radical (unpaired) electrons. The van der Waals surface area contributed by atoms with Crippen LogP contribution in [-0.4, -0.2) is 42.1 Å². The molecule has 0 saturated carbocycles. The van der Waals surface area contributed by atoms with E-state index in [1.165, 1.54) is 9.80 Å². The van der Waals surface area contributed by atoms with Gasteiger partial charge in [-0.15, -0.1) is 0 Å². The summed E-state index contributed by atoms with van der Waals surface area (Å²) in [6.45, 7) is 6.19. The van der Waals surface area contributed by atoms with Crippen molar-refractivity contribution in [1.82, 2.24) is 9.80 Å². The summed E-state index contributed by atoms with van der Waals surface area (Å²) in [4.78, 5) is 2.69. The third-order valence-electron chi connectivity index (χ3n) is 3.18. The number of nitrogens with zero attached hydrogens (tertiary/aromatic N) is 2. The number of hydrogen-bond acceptors (Lipinski definition) is 2. The summed E-state index contributed by atoms with van der Waals surface area (Å²) in [6.07, 6.45) is 1.81. The van der Waals surface area contributed by atoms with Crippen LogP contribution in [0.25, 0.3) is 0 Å². The van der Waals surface area contributed by atoms with E-state index >= 15 is 0 Å². The Morgan fingerprint density at radius 2 is 1.38 bits per heavy atom. The van der Waals surface area contributed by atoms with Gasteiger partial charge in [-0.1, -0.05) is 26.7 Å². The highest BCUT2D eigenvalue weighted by molar-refractivity contribution is 4.77. The molecule has 0 N–H and O–H groups in total. The van der Waals surface area contributed by atoms with Crippen molar-refractivity contribution < 1.29 is 8.78 Å². The summed E-state index contributed by atoms with van der Waals surface area (Å²) in [5.74, 6) is 0. The van der Waals surface area contributed by atoms with Gasteiger partial charge in [0, 0.05) is 26.2 Å². The van der Waals surface area contributed by atoms with Crippen LogP contribution in [0.3, 0.4) is 0 Å². The Bertz CT molecular complexity index is 179. The van der Waals surface area contributed by atoms with Gasteiger partial charge < -0.3 is 0 Å². The second kappa shape index (κ2) is 6.50. The van der Waals surface area contributed by atoms with Crippen molar-refractivity contribution in [2.24, 2.45) is 0 Å². The lowest BCUT2D eigenvalue weighted by atomic mass is 10.2. The highest BCUT2D eigenvalue weighted by Gasteiger charge is 2.45. The first-order valence-electron chi connectivity index (χ1n) is 6.50. The maximum absolute atomic E-state index is 14.0. The van der Waals surface area contributed by atoms with Crippen molar-refractivity contribution in [3.05, 3.63) is 0 Å². The van der Waals surface area contributed by atoms with E-state index in [2.05, 4.69) is 0 Å². The zero-order valence-corrected chi connectivity index (χ0v) is 10.5. The van der Waals surface area contributed by atoms with E-state index in [9.17, 15) is 8.78 Å². The van der Waals surface area contributed by atoms with Crippen molar-refractivity contribution in [1.29, 1.82) is 0 Å². The number of hydrogen-bond donors (Lipinski definition) is 0. The van der Waals surface area contributed by atoms with E-state index in [0.717, 1.165) is 32.1 Å². The van der Waals surface area contributed by atoms with Crippen LogP contribution in [0.2, 0.25) is 0 Å². The predicted molar refractivity (Wildman–Crippen MR) is 62.5 cm³/mol. The van der Waals surface area contributed by atoms with E-state index in [-0.39, 0.29) is 0 Å². The third-order valence-corrected chi connectivity index (χ3v) is 3.18. The van der Waals surface area contributed by atoms with Gasteiger partial charge in [0.25, 0.3) is 0 Å². The summed E-state index contributed by atoms with van der Waals surface area (Å²) in [5, 5.41) is 0. The van der Waals surface area contributed by atoms with Crippen molar-refractivity contribution in [2.75, 3.05) is 26.2 Å². The first kappa shape index (κ1) is 13.8. The summed E-state index contributed by atoms with van der Waals surface area (Å²) in [6, 6.07) is 0. The molecule has 1 fully saturated rings. The molecule has 2 nitrogen and oxygen atoms in total. The van der Waals surface area contributed by atoms with Crippen molar-refractivity contribution in [3.63, 3.8) is 0 Å². The monoisotopic (exact) mass is 234 g/mol. The van der Waals surface area contributed by atoms with E-state index in [1.807, 2.05) is 13.8 Å². The van der Waals surface area contributed by atoms with Crippen molar-refractivity contribution in [3.8, 4) is 0 Å². The van der Waals surface area contributed by atoms with Gasteiger partial charge in [-0.05, 0) is 19.3 Å². The van der Waals surface area contributed by atoms with Crippen molar-refractivity contribution in [2.45, 2.75) is 52.1 Å². The van der Waals surface area contributed by atoms with E-state index in [4.69, 9.17) is 0 Å². The third kappa shape index (κ3) is 3.39. The van der Waals surface area contributed by atoms with Gasteiger partial charge in [0.05, 0.1) is 0 Å². The van der Waals surface area contributed by atoms with Crippen LogP contribution in [0.15, 0.2) is 0 Å². The molecule has 0 aromatic heterocycles. The molecule has 0 aromatic carbocycles. The zero-order chi connectivity index (χ0) is 12.0. The van der Waals surface area contributed by atoms with Crippen LogP contribution in [0.4, 0.5) is 8.78 Å². The Morgan fingerprint density at radius 3 is 1.75 bits per heavy atom. The highest BCUT2D eigenvalue weighted by atomic mass is 19.3. The molecule has 1 rings (SSSR count). The lowest BCUT2D eigenvalue weighted by molar-refractivity contribution is -0.269. The summed E-state index contributed by atoms with van der Waals surface area (Å²) in [5.41, 5.74) is 0. The minimum absolute atomic E-state index is 0.520. The van der Waals surface area contributed by atoms with Gasteiger partial charge in [0.1, 0.15) is 0 Å². The largest absolute Gasteiger partial charge is 0.369 e. The molecule has 0 atom stereocenters. The molecule has 0 unspecified atom stereocenters. The number of unbranched alkanes of at least 4 members (excludes halogenated alkanes) is 2. The first-order chi connectivity index (χ1) is 7.62. The molecule has 0 bridgehead atoms. The van der Waals surface area contributed by atoms with Crippen LogP contribution in [0, 0.1) is 0 Å². The fourth-order valence-corrected chi connectivity index (χ4v) is 2.11. The minimum atomic E-state index is -2.72. The van der Waals surface area contributed by atoms with Crippen LogP contribution < -0.4 is 0 Å². The molecular formula is C12H24F2N2. The van der Waals surface area contributed by atoms with Gasteiger partial charge in [-0.2, -0.15) is 8.78 Å². The Balaban J connectivity index is 2.52. The van der Waals surface area contributed by atoms with Gasteiger partial charge in [0.15, 0.2) is 0 Å². The molecule has 0 aliphatic carbocycles. The first-order valence-corrected chi connectivity index (χ1v) is 6.50. The quantitative estimate of drug-likeness (QED) is 0.651. The van der Waals surface area contributed by atoms with E-state index in [1.54, 1.807) is 0 Å². The maximum Gasteiger partial charge on any atom is 0.369 e. The van der Waals surface area contributed by atoms with Crippen LogP contribution in [0.5, 0.6) is 0 Å². The molecule has 4 heteroatoms. The summed E-state index contributed by atoms with van der Waals surface area (Å²) < 4.78 is 28.1. The second-order valence-electron chi connectivity index (χ2n) is 4.54. The fourth-order valence-electron chi connectivity index (χ4n) is 2.11. The fraction of sp³-hybridized carbons (Fsp3) is 1.00. The molecule has 16 heavy (non-hydrogen) atoms. The number of halogens is 2. The molecule has 1 heterocycles. The molecule has 0 spiro atoms. The normalized spacial score (nSPS) is 22.5. The Kier molecular flexibility index (Phi) is 5.62. The molecular weight excluding hydrogens is 210 g/mol. The number of alkyl halides is 2.